The van der Waals surface area contributed by atoms with Crippen LogP contribution in [0.2, 0.25) is 0 Å². The fourth-order valence-electron chi connectivity index (χ4n) is 2.34. The quantitative estimate of drug-likeness (QED) is 0.754. The Labute approximate surface area is 119 Å². The summed E-state index contributed by atoms with van der Waals surface area (Å²) in [7, 11) is 0. The third-order valence-electron chi connectivity index (χ3n) is 3.45. The Morgan fingerprint density at radius 1 is 1.37 bits per heavy atom. The van der Waals surface area contributed by atoms with Gasteiger partial charge in [0.05, 0.1) is 11.4 Å². The molecule has 2 rings (SSSR count). The van der Waals surface area contributed by atoms with Crippen LogP contribution in [-0.2, 0) is 6.54 Å². The van der Waals surface area contributed by atoms with Gasteiger partial charge in [-0.1, -0.05) is 13.8 Å². The van der Waals surface area contributed by atoms with Crippen molar-refractivity contribution in [2.75, 3.05) is 26.2 Å². The molecule has 0 amide bonds. The third kappa shape index (κ3) is 3.55. The molecule has 0 bridgehead atoms. The molecule has 0 aliphatic carbocycles. The van der Waals surface area contributed by atoms with Gasteiger partial charge in [-0.25, -0.2) is 4.98 Å². The van der Waals surface area contributed by atoms with Crippen LogP contribution in [0.4, 0.5) is 0 Å². The van der Waals surface area contributed by atoms with E-state index >= 15 is 0 Å². The lowest BCUT2D eigenvalue weighted by Crippen LogP contribution is -2.32. The van der Waals surface area contributed by atoms with Crippen molar-refractivity contribution >= 4 is 16.3 Å². The predicted octanol–water partition coefficient (Wildman–Crippen LogP) is 2.53. The second-order valence-corrected chi connectivity index (χ2v) is 5.68. The molecule has 2 heterocycles. The van der Waals surface area contributed by atoms with Crippen LogP contribution in [0.1, 0.15) is 31.7 Å². The maximum absolute atomic E-state index is 4.56. The number of hydrogen-bond donors (Lipinski definition) is 1. The Bertz CT molecular complexity index is 502. The lowest BCUT2D eigenvalue weighted by molar-refractivity contribution is 0.287. The Kier molecular flexibility index (Phi) is 5.36. The zero-order valence-corrected chi connectivity index (χ0v) is 13.0. The van der Waals surface area contributed by atoms with Gasteiger partial charge in [-0.2, -0.15) is 0 Å². The van der Waals surface area contributed by atoms with Gasteiger partial charge in [-0.3, -0.25) is 4.40 Å². The minimum Gasteiger partial charge on any atom is -0.310 e. The fourth-order valence-corrected chi connectivity index (χ4v) is 3.12. The molecule has 2 aromatic rings. The van der Waals surface area contributed by atoms with Crippen molar-refractivity contribution < 1.29 is 0 Å². The van der Waals surface area contributed by atoms with E-state index in [0.29, 0.717) is 0 Å². The van der Waals surface area contributed by atoms with Crippen molar-refractivity contribution in [2.45, 2.75) is 33.7 Å². The molecule has 19 heavy (non-hydrogen) atoms. The van der Waals surface area contributed by atoms with Gasteiger partial charge < -0.3 is 10.2 Å². The first-order valence-electron chi connectivity index (χ1n) is 7.10. The summed E-state index contributed by atoms with van der Waals surface area (Å²) in [4.78, 5) is 8.14. The van der Waals surface area contributed by atoms with E-state index in [1.165, 1.54) is 18.7 Å². The van der Waals surface area contributed by atoms with E-state index < -0.39 is 0 Å². The van der Waals surface area contributed by atoms with E-state index in [-0.39, 0.29) is 0 Å². The molecule has 0 atom stereocenters. The SMILES string of the molecule is CCCN(CC)CCNCc1c(C)nc2sccn12. The zero-order valence-electron chi connectivity index (χ0n) is 12.1. The molecule has 0 saturated heterocycles. The van der Waals surface area contributed by atoms with Gasteiger partial charge in [-0.15, -0.1) is 11.3 Å². The molecule has 0 radical (unpaired) electrons. The highest BCUT2D eigenvalue weighted by Gasteiger charge is 2.08. The Balaban J connectivity index is 1.82. The number of fused-ring (bicyclic) bond motifs is 1. The largest absolute Gasteiger partial charge is 0.310 e. The number of aromatic nitrogens is 2. The fraction of sp³-hybridized carbons (Fsp3) is 0.643. The van der Waals surface area contributed by atoms with Crippen LogP contribution in [0, 0.1) is 6.92 Å². The number of likely N-dealkylation sites (N-methyl/N-ethyl adjacent to an activating group) is 1. The van der Waals surface area contributed by atoms with Gasteiger partial charge in [0, 0.05) is 31.2 Å². The van der Waals surface area contributed by atoms with E-state index in [1.807, 2.05) is 0 Å². The average Bonchev–Trinajstić information content (AvgIpc) is 2.95. The number of thiazole rings is 1. The van der Waals surface area contributed by atoms with Crippen molar-refractivity contribution in [3.63, 3.8) is 0 Å². The number of rotatable bonds is 8. The molecule has 0 aromatic carbocycles. The molecule has 0 saturated carbocycles. The van der Waals surface area contributed by atoms with Crippen molar-refractivity contribution in [3.8, 4) is 0 Å². The second-order valence-electron chi connectivity index (χ2n) is 4.81. The Morgan fingerprint density at radius 3 is 2.95 bits per heavy atom. The van der Waals surface area contributed by atoms with Gasteiger partial charge in [0.15, 0.2) is 4.96 Å². The Morgan fingerprint density at radius 2 is 2.21 bits per heavy atom. The maximum Gasteiger partial charge on any atom is 0.194 e. The van der Waals surface area contributed by atoms with Gasteiger partial charge >= 0.3 is 0 Å². The predicted molar refractivity (Wildman–Crippen MR) is 81.9 cm³/mol. The molecule has 0 unspecified atom stereocenters. The summed E-state index contributed by atoms with van der Waals surface area (Å²) in [5, 5.41) is 5.62. The minimum atomic E-state index is 0.896. The molecule has 0 aliphatic rings. The van der Waals surface area contributed by atoms with Gasteiger partial charge in [0.25, 0.3) is 0 Å². The lowest BCUT2D eigenvalue weighted by Gasteiger charge is -2.19. The van der Waals surface area contributed by atoms with Crippen LogP contribution in [0.5, 0.6) is 0 Å². The summed E-state index contributed by atoms with van der Waals surface area (Å²) >= 11 is 1.69. The van der Waals surface area contributed by atoms with Crippen LogP contribution in [0.15, 0.2) is 11.6 Å². The first-order valence-corrected chi connectivity index (χ1v) is 7.98. The van der Waals surface area contributed by atoms with Crippen LogP contribution >= 0.6 is 11.3 Å². The zero-order chi connectivity index (χ0) is 13.7. The topological polar surface area (TPSA) is 32.6 Å². The van der Waals surface area contributed by atoms with E-state index in [1.54, 1.807) is 11.3 Å². The van der Waals surface area contributed by atoms with Gasteiger partial charge in [0.1, 0.15) is 0 Å². The summed E-state index contributed by atoms with van der Waals surface area (Å²) < 4.78 is 2.19. The first-order chi connectivity index (χ1) is 9.26. The van der Waals surface area contributed by atoms with Crippen LogP contribution in [-0.4, -0.2) is 40.5 Å². The van der Waals surface area contributed by atoms with Gasteiger partial charge in [0.2, 0.25) is 0 Å². The molecule has 5 heteroatoms. The second kappa shape index (κ2) is 7.03. The molecular formula is C14H24N4S. The smallest absolute Gasteiger partial charge is 0.194 e. The Hall–Kier alpha value is -0.910. The average molecular weight is 280 g/mol. The highest BCUT2D eigenvalue weighted by Crippen LogP contribution is 2.16. The van der Waals surface area contributed by atoms with E-state index in [0.717, 1.165) is 36.8 Å². The molecule has 1 N–H and O–H groups in total. The van der Waals surface area contributed by atoms with E-state index in [9.17, 15) is 0 Å². The first kappa shape index (κ1) is 14.5. The summed E-state index contributed by atoms with van der Waals surface area (Å²) in [6.45, 7) is 11.9. The van der Waals surface area contributed by atoms with E-state index in [2.05, 4.69) is 51.9 Å². The van der Waals surface area contributed by atoms with E-state index in [4.69, 9.17) is 0 Å². The third-order valence-corrected chi connectivity index (χ3v) is 4.20. The van der Waals surface area contributed by atoms with Gasteiger partial charge in [-0.05, 0) is 26.4 Å². The number of hydrogen-bond acceptors (Lipinski definition) is 4. The molecule has 0 spiro atoms. The van der Waals surface area contributed by atoms with Crippen molar-refractivity contribution in [1.82, 2.24) is 19.6 Å². The lowest BCUT2D eigenvalue weighted by atomic mass is 10.3. The van der Waals surface area contributed by atoms with Crippen molar-refractivity contribution in [1.29, 1.82) is 0 Å². The van der Waals surface area contributed by atoms with Crippen LogP contribution < -0.4 is 5.32 Å². The summed E-state index contributed by atoms with van der Waals surface area (Å²) in [5.41, 5.74) is 2.43. The summed E-state index contributed by atoms with van der Waals surface area (Å²) in [6.07, 6.45) is 3.33. The van der Waals surface area contributed by atoms with Crippen molar-refractivity contribution in [3.05, 3.63) is 23.0 Å². The number of nitrogens with zero attached hydrogens (tertiary/aromatic N) is 3. The van der Waals surface area contributed by atoms with Crippen molar-refractivity contribution in [2.24, 2.45) is 0 Å². The molecule has 0 aliphatic heterocycles. The summed E-state index contributed by atoms with van der Waals surface area (Å²) in [6, 6.07) is 0. The number of nitrogens with one attached hydrogen (secondary N) is 1. The minimum absolute atomic E-state index is 0.896. The number of imidazole rings is 1. The normalized spacial score (nSPS) is 11.8. The molecule has 106 valence electrons. The van der Waals surface area contributed by atoms with Crippen LogP contribution in [0.3, 0.4) is 0 Å². The monoisotopic (exact) mass is 280 g/mol. The standard InChI is InChI=1S/C14H24N4S/c1-4-7-17(5-2)8-6-15-11-13-12(3)16-14-18(13)9-10-19-14/h9-10,15H,4-8,11H2,1-3H3. The highest BCUT2D eigenvalue weighted by molar-refractivity contribution is 7.15. The molecule has 4 nitrogen and oxygen atoms in total. The maximum atomic E-state index is 4.56. The summed E-state index contributed by atoms with van der Waals surface area (Å²) in [5.74, 6) is 0. The molecular weight excluding hydrogens is 256 g/mol. The highest BCUT2D eigenvalue weighted by atomic mass is 32.1. The number of aryl methyl sites for hydroxylation is 1. The molecule has 2 aromatic heterocycles. The van der Waals surface area contributed by atoms with Crippen LogP contribution in [0.25, 0.3) is 4.96 Å². The molecule has 0 fully saturated rings.